The summed E-state index contributed by atoms with van der Waals surface area (Å²) in [4.78, 5) is 4.13. The van der Waals surface area contributed by atoms with Crippen molar-refractivity contribution in [1.82, 2.24) is 4.98 Å². The molecule has 0 saturated carbocycles. The number of hydrogen-bond acceptors (Lipinski definition) is 2. The molecule has 0 bridgehead atoms. The highest BCUT2D eigenvalue weighted by Crippen LogP contribution is 2.17. The molecule has 3 heteroatoms. The fraction of sp³-hybridized carbons (Fsp3) is 0.154. The van der Waals surface area contributed by atoms with E-state index in [1.54, 1.807) is 6.20 Å². The van der Waals surface area contributed by atoms with Crippen molar-refractivity contribution >= 4 is 15.9 Å². The zero-order valence-corrected chi connectivity index (χ0v) is 10.3. The highest BCUT2D eigenvalue weighted by molar-refractivity contribution is 9.10. The lowest BCUT2D eigenvalue weighted by molar-refractivity contribution is 0.173. The molecule has 0 radical (unpaired) electrons. The molecule has 2 nitrogen and oxygen atoms in total. The van der Waals surface area contributed by atoms with Crippen LogP contribution < -0.4 is 0 Å². The van der Waals surface area contributed by atoms with E-state index < -0.39 is 6.10 Å². The first-order valence-electron chi connectivity index (χ1n) is 5.09. The molecule has 2 rings (SSSR count). The summed E-state index contributed by atoms with van der Waals surface area (Å²) in [5.41, 5.74) is 1.81. The van der Waals surface area contributed by atoms with E-state index in [1.807, 2.05) is 42.5 Å². The Morgan fingerprint density at radius 3 is 2.50 bits per heavy atom. The molecule has 0 amide bonds. The highest BCUT2D eigenvalue weighted by Gasteiger charge is 2.08. The minimum Gasteiger partial charge on any atom is -0.386 e. The first-order chi connectivity index (χ1) is 7.75. The molecule has 1 N–H and O–H groups in total. The fourth-order valence-corrected chi connectivity index (χ4v) is 1.79. The Bertz CT molecular complexity index is 441. The second-order valence-electron chi connectivity index (χ2n) is 3.60. The van der Waals surface area contributed by atoms with Gasteiger partial charge in [0.15, 0.2) is 0 Å². The summed E-state index contributed by atoms with van der Waals surface area (Å²) < 4.78 is 1.04. The molecule has 82 valence electrons. The molecule has 0 aliphatic carbocycles. The largest absolute Gasteiger partial charge is 0.386 e. The molecule has 1 aromatic heterocycles. The first kappa shape index (κ1) is 11.3. The van der Waals surface area contributed by atoms with Crippen molar-refractivity contribution in [2.45, 2.75) is 12.5 Å². The quantitative estimate of drug-likeness (QED) is 0.935. The molecule has 16 heavy (non-hydrogen) atoms. The van der Waals surface area contributed by atoms with E-state index in [9.17, 15) is 5.11 Å². The molecule has 1 unspecified atom stereocenters. The highest BCUT2D eigenvalue weighted by atomic mass is 79.9. The van der Waals surface area contributed by atoms with Crippen molar-refractivity contribution in [3.8, 4) is 0 Å². The molecule has 1 aromatic carbocycles. The topological polar surface area (TPSA) is 33.1 Å². The number of aromatic nitrogens is 1. The first-order valence-corrected chi connectivity index (χ1v) is 5.88. The van der Waals surface area contributed by atoms with Gasteiger partial charge in [0.25, 0.3) is 0 Å². The Kier molecular flexibility index (Phi) is 3.70. The van der Waals surface area contributed by atoms with Gasteiger partial charge >= 0.3 is 0 Å². The maximum atomic E-state index is 9.97. The Hall–Kier alpha value is -1.19. The third kappa shape index (κ3) is 2.90. The van der Waals surface area contributed by atoms with Gasteiger partial charge in [-0.25, -0.2) is 0 Å². The van der Waals surface area contributed by atoms with Gasteiger partial charge in [-0.05, 0) is 29.8 Å². The lowest BCUT2D eigenvalue weighted by Crippen LogP contribution is -2.03. The Morgan fingerprint density at radius 2 is 1.88 bits per heavy atom. The number of aliphatic hydroxyl groups excluding tert-OH is 1. The number of aliphatic hydroxyl groups is 1. The predicted molar refractivity (Wildman–Crippen MR) is 67.0 cm³/mol. The van der Waals surface area contributed by atoms with Crippen LogP contribution >= 0.6 is 15.9 Å². The smallest absolute Gasteiger partial charge is 0.0999 e. The van der Waals surface area contributed by atoms with E-state index in [-0.39, 0.29) is 0 Å². The molecule has 2 aromatic rings. The SMILES string of the molecule is OC(Cc1ccc(Br)cc1)c1ccccn1. The van der Waals surface area contributed by atoms with E-state index >= 15 is 0 Å². The summed E-state index contributed by atoms with van der Waals surface area (Å²) in [7, 11) is 0. The molecule has 0 aliphatic rings. The summed E-state index contributed by atoms with van der Waals surface area (Å²) in [6, 6.07) is 13.5. The van der Waals surface area contributed by atoms with Gasteiger partial charge in [0.05, 0.1) is 11.8 Å². The Balaban J connectivity index is 2.08. The Labute approximate surface area is 103 Å². The van der Waals surface area contributed by atoms with Crippen LogP contribution in [0.1, 0.15) is 17.4 Å². The average Bonchev–Trinajstić information content (AvgIpc) is 2.33. The van der Waals surface area contributed by atoms with Gasteiger partial charge in [-0.15, -0.1) is 0 Å². The van der Waals surface area contributed by atoms with E-state index in [1.165, 1.54) is 0 Å². The molecule has 1 atom stereocenters. The van der Waals surface area contributed by atoms with Crippen LogP contribution in [-0.4, -0.2) is 10.1 Å². The van der Waals surface area contributed by atoms with Crippen molar-refractivity contribution in [3.63, 3.8) is 0 Å². The van der Waals surface area contributed by atoms with Gasteiger partial charge in [-0.2, -0.15) is 0 Å². The third-order valence-electron chi connectivity index (χ3n) is 2.37. The second kappa shape index (κ2) is 5.23. The lowest BCUT2D eigenvalue weighted by atomic mass is 10.1. The van der Waals surface area contributed by atoms with Gasteiger partial charge in [0.2, 0.25) is 0 Å². The van der Waals surface area contributed by atoms with Crippen LogP contribution in [0.4, 0.5) is 0 Å². The molecule has 0 aliphatic heterocycles. The van der Waals surface area contributed by atoms with Crippen LogP contribution in [0.5, 0.6) is 0 Å². The summed E-state index contributed by atoms with van der Waals surface area (Å²) >= 11 is 3.38. The number of pyridine rings is 1. The van der Waals surface area contributed by atoms with E-state index in [2.05, 4.69) is 20.9 Å². The Morgan fingerprint density at radius 1 is 1.12 bits per heavy atom. The number of rotatable bonds is 3. The number of hydrogen-bond donors (Lipinski definition) is 1. The number of halogens is 1. The van der Waals surface area contributed by atoms with Gasteiger partial charge in [0, 0.05) is 17.1 Å². The molecule has 1 heterocycles. The minimum absolute atomic E-state index is 0.539. The maximum Gasteiger partial charge on any atom is 0.0999 e. The third-order valence-corrected chi connectivity index (χ3v) is 2.90. The number of benzene rings is 1. The van der Waals surface area contributed by atoms with Crippen LogP contribution in [0, 0.1) is 0 Å². The summed E-state index contributed by atoms with van der Waals surface area (Å²) in [5, 5.41) is 9.97. The fourth-order valence-electron chi connectivity index (χ4n) is 1.52. The van der Waals surface area contributed by atoms with Gasteiger partial charge in [0.1, 0.15) is 0 Å². The normalized spacial score (nSPS) is 12.4. The number of nitrogens with zero attached hydrogens (tertiary/aromatic N) is 1. The average molecular weight is 278 g/mol. The monoisotopic (exact) mass is 277 g/mol. The molecular weight excluding hydrogens is 266 g/mol. The van der Waals surface area contributed by atoms with Gasteiger partial charge in [-0.1, -0.05) is 34.1 Å². The van der Waals surface area contributed by atoms with Crippen molar-refractivity contribution in [2.75, 3.05) is 0 Å². The standard InChI is InChI=1S/C13H12BrNO/c14-11-6-4-10(5-7-11)9-13(16)12-3-1-2-8-15-12/h1-8,13,16H,9H2. The second-order valence-corrected chi connectivity index (χ2v) is 4.52. The zero-order valence-electron chi connectivity index (χ0n) is 8.68. The van der Waals surface area contributed by atoms with Gasteiger partial charge < -0.3 is 5.11 Å². The summed E-state index contributed by atoms with van der Waals surface area (Å²) in [5.74, 6) is 0. The van der Waals surface area contributed by atoms with Crippen molar-refractivity contribution < 1.29 is 5.11 Å². The van der Waals surface area contributed by atoms with Crippen molar-refractivity contribution in [2.24, 2.45) is 0 Å². The predicted octanol–water partition coefficient (Wildman–Crippen LogP) is 3.12. The molecule has 0 saturated heterocycles. The van der Waals surface area contributed by atoms with Crippen molar-refractivity contribution in [3.05, 3.63) is 64.4 Å². The lowest BCUT2D eigenvalue weighted by Gasteiger charge is -2.09. The van der Waals surface area contributed by atoms with Crippen LogP contribution in [0.2, 0.25) is 0 Å². The van der Waals surface area contributed by atoms with Gasteiger partial charge in [-0.3, -0.25) is 4.98 Å². The summed E-state index contributed by atoms with van der Waals surface area (Å²) in [6.07, 6.45) is 1.74. The van der Waals surface area contributed by atoms with Crippen LogP contribution in [0.3, 0.4) is 0 Å². The maximum absolute atomic E-state index is 9.97. The molecule has 0 fully saturated rings. The van der Waals surface area contributed by atoms with E-state index in [0.29, 0.717) is 12.1 Å². The van der Waals surface area contributed by atoms with E-state index in [4.69, 9.17) is 0 Å². The zero-order chi connectivity index (χ0) is 11.4. The van der Waals surface area contributed by atoms with E-state index in [0.717, 1.165) is 10.0 Å². The minimum atomic E-state index is -0.539. The summed E-state index contributed by atoms with van der Waals surface area (Å²) in [6.45, 7) is 0. The molecular formula is C13H12BrNO. The van der Waals surface area contributed by atoms with Crippen LogP contribution in [0.15, 0.2) is 53.1 Å². The van der Waals surface area contributed by atoms with Crippen LogP contribution in [-0.2, 0) is 6.42 Å². The molecule has 0 spiro atoms. The van der Waals surface area contributed by atoms with Crippen LogP contribution in [0.25, 0.3) is 0 Å². The van der Waals surface area contributed by atoms with Crippen molar-refractivity contribution in [1.29, 1.82) is 0 Å².